The van der Waals surface area contributed by atoms with Gasteiger partial charge in [-0.05, 0) is 67.5 Å². The molecule has 1 aliphatic rings. The summed E-state index contributed by atoms with van der Waals surface area (Å²) in [6, 6.07) is 24.8. The van der Waals surface area contributed by atoms with Crippen molar-refractivity contribution in [1.29, 1.82) is 0 Å². The molecule has 220 valence electrons. The molecule has 0 bridgehead atoms. The molecule has 1 heterocycles. The molecular weight excluding hydrogens is 526 g/mol. The Balaban J connectivity index is 1.35. The number of ether oxygens (including phenoxy) is 2. The first-order chi connectivity index (χ1) is 20.5. The number of aryl methyl sites for hydroxylation is 1. The Morgan fingerprint density at radius 3 is 2.24 bits per heavy atom. The van der Waals surface area contributed by atoms with Crippen LogP contribution in [0, 0.1) is 5.92 Å². The average molecular weight is 568 g/mol. The standard InChI is InChI=1S/C36H41NO5/c1-41-35(40)31-27-30(19-20-33(31)38)34(39)32(26-29-16-8-5-9-17-29)36(22-13-23-37-36)21-10-2-3-11-24-42-25-12-18-28-14-6-4-7-15-28/h4-9,13-17,19-20,22-23,27,32,38H,2-3,10-12,18,21,24-26H2,1H3. The van der Waals surface area contributed by atoms with Crippen molar-refractivity contribution in [3.05, 3.63) is 113 Å². The summed E-state index contributed by atoms with van der Waals surface area (Å²) >= 11 is 0. The second kappa shape index (κ2) is 15.8. The molecule has 4 rings (SSSR count). The summed E-state index contributed by atoms with van der Waals surface area (Å²) in [5.74, 6) is -1.49. The second-order valence-corrected chi connectivity index (χ2v) is 10.8. The van der Waals surface area contributed by atoms with Gasteiger partial charge < -0.3 is 14.6 Å². The summed E-state index contributed by atoms with van der Waals surface area (Å²) in [7, 11) is 1.25. The topological polar surface area (TPSA) is 85.2 Å². The number of hydrogen-bond donors (Lipinski definition) is 1. The van der Waals surface area contributed by atoms with Crippen LogP contribution >= 0.6 is 0 Å². The molecule has 0 radical (unpaired) electrons. The van der Waals surface area contributed by atoms with Crippen LogP contribution in [0.15, 0.2) is 96.0 Å². The Hall–Kier alpha value is -4.03. The van der Waals surface area contributed by atoms with Crippen LogP contribution < -0.4 is 0 Å². The van der Waals surface area contributed by atoms with Gasteiger partial charge in [0.05, 0.1) is 18.6 Å². The van der Waals surface area contributed by atoms with Gasteiger partial charge in [-0.2, -0.15) is 0 Å². The van der Waals surface area contributed by atoms with Gasteiger partial charge in [0.15, 0.2) is 5.78 Å². The number of methoxy groups -OCH3 is 1. The predicted octanol–water partition coefficient (Wildman–Crippen LogP) is 7.20. The number of ketones is 1. The van der Waals surface area contributed by atoms with E-state index in [9.17, 15) is 14.7 Å². The number of carbonyl (C=O) groups excluding carboxylic acids is 2. The molecule has 42 heavy (non-hydrogen) atoms. The highest BCUT2D eigenvalue weighted by Gasteiger charge is 2.42. The summed E-state index contributed by atoms with van der Waals surface area (Å²) < 4.78 is 10.7. The maximum Gasteiger partial charge on any atom is 0.341 e. The molecule has 0 amide bonds. The van der Waals surface area contributed by atoms with Gasteiger partial charge in [0.25, 0.3) is 0 Å². The van der Waals surface area contributed by atoms with Crippen LogP contribution in [-0.2, 0) is 22.3 Å². The monoisotopic (exact) mass is 567 g/mol. The normalized spacial score (nSPS) is 16.4. The molecule has 2 unspecified atom stereocenters. The van der Waals surface area contributed by atoms with Crippen molar-refractivity contribution in [3.63, 3.8) is 0 Å². The molecule has 3 aromatic carbocycles. The minimum Gasteiger partial charge on any atom is -0.507 e. The van der Waals surface area contributed by atoms with Crippen LogP contribution in [0.25, 0.3) is 0 Å². The van der Waals surface area contributed by atoms with Crippen molar-refractivity contribution in [1.82, 2.24) is 0 Å². The smallest absolute Gasteiger partial charge is 0.341 e. The molecule has 1 N–H and O–H groups in total. The number of phenolic OH excluding ortho intramolecular Hbond substituents is 1. The van der Waals surface area contributed by atoms with Crippen LogP contribution in [0.1, 0.15) is 70.4 Å². The Kier molecular flexibility index (Phi) is 11.7. The third-order valence-corrected chi connectivity index (χ3v) is 7.89. The first-order valence-electron chi connectivity index (χ1n) is 14.9. The van der Waals surface area contributed by atoms with E-state index in [1.165, 1.54) is 24.8 Å². The number of esters is 1. The van der Waals surface area contributed by atoms with Gasteiger partial charge in [-0.3, -0.25) is 9.79 Å². The number of Topliss-reactive ketones (excluding diaryl/α,β-unsaturated/α-hetero) is 1. The van der Waals surface area contributed by atoms with E-state index < -0.39 is 17.4 Å². The van der Waals surface area contributed by atoms with Crippen molar-refractivity contribution in [2.24, 2.45) is 10.9 Å². The number of rotatable bonds is 17. The maximum atomic E-state index is 14.1. The fraction of sp³-hybridized carbons (Fsp3) is 0.361. The lowest BCUT2D eigenvalue weighted by molar-refractivity contribution is 0.0597. The fourth-order valence-electron chi connectivity index (χ4n) is 5.56. The Bertz CT molecular complexity index is 1340. The Morgan fingerprint density at radius 1 is 0.857 bits per heavy atom. The van der Waals surface area contributed by atoms with Gasteiger partial charge in [0.1, 0.15) is 11.3 Å². The Morgan fingerprint density at radius 2 is 1.55 bits per heavy atom. The SMILES string of the molecule is COC(=O)c1cc(C(=O)C(Cc2ccccc2)C2(CCCCCCOCCCc3ccccc3)C=CC=N2)ccc1O. The molecule has 1 aliphatic heterocycles. The van der Waals surface area contributed by atoms with E-state index in [1.807, 2.05) is 42.5 Å². The zero-order valence-corrected chi connectivity index (χ0v) is 24.4. The minimum atomic E-state index is -0.685. The van der Waals surface area contributed by atoms with Gasteiger partial charge in [0, 0.05) is 25.0 Å². The van der Waals surface area contributed by atoms with Crippen molar-refractivity contribution >= 4 is 18.0 Å². The number of nitrogens with zero attached hydrogens (tertiary/aromatic N) is 1. The number of benzene rings is 3. The largest absolute Gasteiger partial charge is 0.507 e. The number of allylic oxidation sites excluding steroid dienone is 1. The fourth-order valence-corrected chi connectivity index (χ4v) is 5.56. The third kappa shape index (κ3) is 8.49. The molecule has 0 saturated carbocycles. The number of unbranched alkanes of at least 4 members (excludes halogenated alkanes) is 3. The van der Waals surface area contributed by atoms with E-state index in [0.717, 1.165) is 63.7 Å². The van der Waals surface area contributed by atoms with E-state index in [2.05, 4.69) is 30.3 Å². The number of carbonyl (C=O) groups is 2. The minimum absolute atomic E-state index is 0.0244. The molecule has 3 aromatic rings. The van der Waals surface area contributed by atoms with E-state index in [4.69, 9.17) is 14.5 Å². The average Bonchev–Trinajstić information content (AvgIpc) is 3.51. The van der Waals surface area contributed by atoms with Crippen molar-refractivity contribution in [2.75, 3.05) is 20.3 Å². The van der Waals surface area contributed by atoms with E-state index in [1.54, 1.807) is 12.3 Å². The maximum absolute atomic E-state index is 14.1. The predicted molar refractivity (Wildman–Crippen MR) is 166 cm³/mol. The molecular formula is C36H41NO5. The highest BCUT2D eigenvalue weighted by atomic mass is 16.5. The van der Waals surface area contributed by atoms with Crippen LogP contribution in [0.2, 0.25) is 0 Å². The number of hydrogen-bond acceptors (Lipinski definition) is 6. The third-order valence-electron chi connectivity index (χ3n) is 7.89. The summed E-state index contributed by atoms with van der Waals surface area (Å²) in [4.78, 5) is 31.2. The van der Waals surface area contributed by atoms with Gasteiger partial charge in [-0.15, -0.1) is 0 Å². The highest BCUT2D eigenvalue weighted by Crippen LogP contribution is 2.38. The molecule has 0 spiro atoms. The molecule has 0 aliphatic carbocycles. The van der Waals surface area contributed by atoms with Crippen molar-refractivity contribution < 1.29 is 24.2 Å². The zero-order valence-electron chi connectivity index (χ0n) is 24.4. The number of phenols is 1. The molecule has 0 aromatic heterocycles. The summed E-state index contributed by atoms with van der Waals surface area (Å²) in [5.41, 5.74) is 2.04. The zero-order chi connectivity index (χ0) is 29.6. The lowest BCUT2D eigenvalue weighted by Crippen LogP contribution is -2.40. The van der Waals surface area contributed by atoms with Crippen LogP contribution in [-0.4, -0.2) is 48.9 Å². The molecule has 6 nitrogen and oxygen atoms in total. The van der Waals surface area contributed by atoms with Gasteiger partial charge in [-0.25, -0.2) is 4.79 Å². The van der Waals surface area contributed by atoms with Crippen LogP contribution in [0.5, 0.6) is 5.75 Å². The lowest BCUT2D eigenvalue weighted by atomic mass is 9.73. The summed E-state index contributed by atoms with van der Waals surface area (Å²) in [6.45, 7) is 1.53. The quantitative estimate of drug-likeness (QED) is 0.106. The van der Waals surface area contributed by atoms with Gasteiger partial charge >= 0.3 is 5.97 Å². The van der Waals surface area contributed by atoms with Crippen LogP contribution in [0.3, 0.4) is 0 Å². The first-order valence-corrected chi connectivity index (χ1v) is 14.9. The van der Waals surface area contributed by atoms with Gasteiger partial charge in [-0.1, -0.05) is 86.0 Å². The highest BCUT2D eigenvalue weighted by molar-refractivity contribution is 6.02. The van der Waals surface area contributed by atoms with Crippen molar-refractivity contribution in [2.45, 2.75) is 56.9 Å². The molecule has 0 fully saturated rings. The second-order valence-electron chi connectivity index (χ2n) is 10.8. The summed E-state index contributed by atoms with van der Waals surface area (Å²) in [6.07, 6.45) is 13.1. The first kappa shape index (κ1) is 30.9. The molecule has 6 heteroatoms. The summed E-state index contributed by atoms with van der Waals surface area (Å²) in [5, 5.41) is 10.2. The van der Waals surface area contributed by atoms with Crippen LogP contribution in [0.4, 0.5) is 0 Å². The number of aromatic hydroxyl groups is 1. The lowest BCUT2D eigenvalue weighted by Gasteiger charge is -2.33. The van der Waals surface area contributed by atoms with Crippen molar-refractivity contribution in [3.8, 4) is 5.75 Å². The molecule has 0 saturated heterocycles. The van der Waals surface area contributed by atoms with E-state index in [0.29, 0.717) is 12.0 Å². The Labute approximate surface area is 249 Å². The number of aliphatic imine (C=N–C) groups is 1. The van der Waals surface area contributed by atoms with E-state index in [-0.39, 0.29) is 17.1 Å². The molecule has 2 atom stereocenters. The van der Waals surface area contributed by atoms with E-state index >= 15 is 0 Å². The van der Waals surface area contributed by atoms with Gasteiger partial charge in [0.2, 0.25) is 0 Å².